The maximum atomic E-state index is 12.6. The van der Waals surface area contributed by atoms with Crippen LogP contribution in [0.15, 0.2) is 0 Å². The minimum Gasteiger partial charge on any atom is -0.479 e. The van der Waals surface area contributed by atoms with E-state index in [1.165, 1.54) is 0 Å². The molecule has 0 aromatic carbocycles. The molecular weight excluding hydrogens is 170 g/mol. The van der Waals surface area contributed by atoms with Crippen molar-refractivity contribution in [1.82, 2.24) is 0 Å². The van der Waals surface area contributed by atoms with E-state index in [4.69, 9.17) is 5.11 Å². The fraction of sp³-hybridized carbons (Fsp3) is 0.857. The molecule has 1 aliphatic heterocycles. The van der Waals surface area contributed by atoms with Gasteiger partial charge in [0.25, 0.3) is 5.92 Å². The Labute approximate surface area is 68.3 Å². The van der Waals surface area contributed by atoms with Gasteiger partial charge in [-0.3, -0.25) is 0 Å². The molecule has 0 bridgehead atoms. The van der Waals surface area contributed by atoms with Crippen LogP contribution < -0.4 is 0 Å². The Morgan fingerprint density at radius 3 is 2.83 bits per heavy atom. The molecule has 0 radical (unpaired) electrons. The molecule has 0 aromatic rings. The highest BCUT2D eigenvalue weighted by molar-refractivity contribution is 5.72. The third-order valence-corrected chi connectivity index (χ3v) is 1.78. The van der Waals surface area contributed by atoms with E-state index in [9.17, 15) is 13.6 Å². The average Bonchev–Trinajstić information content (AvgIpc) is 2.10. The summed E-state index contributed by atoms with van der Waals surface area (Å²) in [6.45, 7) is -0.774. The highest BCUT2D eigenvalue weighted by atomic mass is 19.3. The molecule has 1 aliphatic rings. The van der Waals surface area contributed by atoms with Crippen LogP contribution >= 0.6 is 0 Å². The predicted octanol–water partition coefficient (Wildman–Crippen LogP) is 1.28. The van der Waals surface area contributed by atoms with Crippen molar-refractivity contribution in [2.75, 3.05) is 6.61 Å². The van der Waals surface area contributed by atoms with Crippen LogP contribution in [0.3, 0.4) is 0 Å². The van der Waals surface area contributed by atoms with E-state index in [-0.39, 0.29) is 19.3 Å². The first-order chi connectivity index (χ1) is 5.51. The molecule has 0 spiro atoms. The van der Waals surface area contributed by atoms with Crippen LogP contribution in [0.5, 0.6) is 0 Å². The van der Waals surface area contributed by atoms with Crippen molar-refractivity contribution in [3.63, 3.8) is 0 Å². The molecule has 1 atom stereocenters. The van der Waals surface area contributed by atoms with Gasteiger partial charge in [0.2, 0.25) is 0 Å². The zero-order valence-electron chi connectivity index (χ0n) is 6.43. The Morgan fingerprint density at radius 1 is 1.58 bits per heavy atom. The van der Waals surface area contributed by atoms with Gasteiger partial charge in [-0.05, 0) is 12.8 Å². The van der Waals surface area contributed by atoms with Gasteiger partial charge in [0, 0.05) is 6.42 Å². The van der Waals surface area contributed by atoms with E-state index in [1.54, 1.807) is 0 Å². The summed E-state index contributed by atoms with van der Waals surface area (Å²) in [5.41, 5.74) is 0. The second-order valence-electron chi connectivity index (χ2n) is 2.89. The fourth-order valence-electron chi connectivity index (χ4n) is 1.12. The molecule has 1 unspecified atom stereocenters. The first kappa shape index (κ1) is 9.38. The van der Waals surface area contributed by atoms with E-state index in [2.05, 4.69) is 4.74 Å². The van der Waals surface area contributed by atoms with Crippen molar-refractivity contribution in [2.45, 2.75) is 31.3 Å². The van der Waals surface area contributed by atoms with E-state index < -0.39 is 24.6 Å². The Kier molecular flexibility index (Phi) is 2.62. The van der Waals surface area contributed by atoms with Crippen LogP contribution in [0.1, 0.15) is 19.3 Å². The van der Waals surface area contributed by atoms with Gasteiger partial charge in [-0.2, -0.15) is 0 Å². The number of aliphatic carboxylic acids is 1. The van der Waals surface area contributed by atoms with Gasteiger partial charge in [0.05, 0.1) is 0 Å². The SMILES string of the molecule is O=C(O)C1CCCC(F)(F)CO1. The summed E-state index contributed by atoms with van der Waals surface area (Å²) in [6.07, 6.45) is -0.968. The standard InChI is InChI=1S/C7H10F2O3/c8-7(9)3-1-2-5(6(10)11)12-4-7/h5H,1-4H2,(H,10,11). The number of carboxylic acids is 1. The van der Waals surface area contributed by atoms with Gasteiger partial charge in [-0.25, -0.2) is 13.6 Å². The van der Waals surface area contributed by atoms with Gasteiger partial charge in [-0.1, -0.05) is 0 Å². The normalized spacial score (nSPS) is 29.3. The number of hydrogen-bond acceptors (Lipinski definition) is 2. The number of alkyl halides is 2. The molecule has 1 fully saturated rings. The third-order valence-electron chi connectivity index (χ3n) is 1.78. The maximum Gasteiger partial charge on any atom is 0.332 e. The molecule has 0 amide bonds. The van der Waals surface area contributed by atoms with Crippen LogP contribution in [0.25, 0.3) is 0 Å². The monoisotopic (exact) mass is 180 g/mol. The Balaban J connectivity index is 2.50. The highest BCUT2D eigenvalue weighted by Gasteiger charge is 2.35. The van der Waals surface area contributed by atoms with E-state index in [0.29, 0.717) is 0 Å². The van der Waals surface area contributed by atoms with Gasteiger partial charge in [-0.15, -0.1) is 0 Å². The smallest absolute Gasteiger partial charge is 0.332 e. The lowest BCUT2D eigenvalue weighted by Crippen LogP contribution is -2.27. The van der Waals surface area contributed by atoms with Crippen LogP contribution in [0.2, 0.25) is 0 Å². The minimum atomic E-state index is -2.86. The lowest BCUT2D eigenvalue weighted by Gasteiger charge is -2.12. The van der Waals surface area contributed by atoms with Gasteiger partial charge < -0.3 is 9.84 Å². The molecule has 1 saturated heterocycles. The number of carboxylic acid groups (broad SMARTS) is 1. The molecule has 1 N–H and O–H groups in total. The molecule has 5 heteroatoms. The number of carbonyl (C=O) groups is 1. The molecular formula is C7H10F2O3. The van der Waals surface area contributed by atoms with E-state index in [0.717, 1.165) is 0 Å². The quantitative estimate of drug-likeness (QED) is 0.661. The van der Waals surface area contributed by atoms with Crippen LogP contribution in [-0.4, -0.2) is 29.7 Å². The lowest BCUT2D eigenvalue weighted by molar-refractivity contribution is -0.155. The van der Waals surface area contributed by atoms with Crippen molar-refractivity contribution in [3.05, 3.63) is 0 Å². The molecule has 1 rings (SSSR count). The van der Waals surface area contributed by atoms with Crippen molar-refractivity contribution in [3.8, 4) is 0 Å². The van der Waals surface area contributed by atoms with Gasteiger partial charge in [0.15, 0.2) is 6.10 Å². The summed E-state index contributed by atoms with van der Waals surface area (Å²) in [5.74, 6) is -4.02. The first-order valence-corrected chi connectivity index (χ1v) is 3.73. The van der Waals surface area contributed by atoms with Crippen molar-refractivity contribution in [1.29, 1.82) is 0 Å². The summed E-state index contributed by atoms with van der Waals surface area (Å²) in [6, 6.07) is 0. The van der Waals surface area contributed by atoms with Crippen LogP contribution in [0.4, 0.5) is 8.78 Å². The largest absolute Gasteiger partial charge is 0.479 e. The third kappa shape index (κ3) is 2.41. The second-order valence-corrected chi connectivity index (χ2v) is 2.89. The first-order valence-electron chi connectivity index (χ1n) is 3.73. The van der Waals surface area contributed by atoms with Crippen molar-refractivity contribution >= 4 is 5.97 Å². The summed E-state index contributed by atoms with van der Waals surface area (Å²) >= 11 is 0. The molecule has 0 aliphatic carbocycles. The number of ether oxygens (including phenoxy) is 1. The van der Waals surface area contributed by atoms with E-state index in [1.807, 2.05) is 0 Å². The second kappa shape index (κ2) is 3.35. The fourth-order valence-corrected chi connectivity index (χ4v) is 1.12. The molecule has 70 valence electrons. The number of hydrogen-bond donors (Lipinski definition) is 1. The minimum absolute atomic E-state index is 0.172. The molecule has 0 aromatic heterocycles. The topological polar surface area (TPSA) is 46.5 Å². The highest BCUT2D eigenvalue weighted by Crippen LogP contribution is 2.26. The molecule has 3 nitrogen and oxygen atoms in total. The summed E-state index contributed by atoms with van der Waals surface area (Å²) in [5, 5.41) is 8.46. The summed E-state index contributed by atoms with van der Waals surface area (Å²) in [4.78, 5) is 10.3. The number of rotatable bonds is 1. The zero-order valence-corrected chi connectivity index (χ0v) is 6.43. The summed E-state index contributed by atoms with van der Waals surface area (Å²) < 4.78 is 29.7. The molecule has 1 heterocycles. The summed E-state index contributed by atoms with van der Waals surface area (Å²) in [7, 11) is 0. The van der Waals surface area contributed by atoms with Gasteiger partial charge in [0.1, 0.15) is 6.61 Å². The number of halogens is 2. The predicted molar refractivity (Wildman–Crippen MR) is 36.2 cm³/mol. The Bertz CT molecular complexity index is 181. The maximum absolute atomic E-state index is 12.6. The lowest BCUT2D eigenvalue weighted by atomic mass is 10.1. The Hall–Kier alpha value is -0.710. The van der Waals surface area contributed by atoms with Crippen molar-refractivity contribution in [2.24, 2.45) is 0 Å². The zero-order chi connectivity index (χ0) is 9.19. The molecule has 0 saturated carbocycles. The van der Waals surface area contributed by atoms with Crippen LogP contribution in [0, 0.1) is 0 Å². The van der Waals surface area contributed by atoms with E-state index >= 15 is 0 Å². The molecule has 12 heavy (non-hydrogen) atoms. The van der Waals surface area contributed by atoms with Crippen molar-refractivity contribution < 1.29 is 23.4 Å². The van der Waals surface area contributed by atoms with Gasteiger partial charge >= 0.3 is 5.97 Å². The average molecular weight is 180 g/mol. The Morgan fingerprint density at radius 2 is 2.25 bits per heavy atom. The van der Waals surface area contributed by atoms with Crippen LogP contribution in [-0.2, 0) is 9.53 Å².